The second kappa shape index (κ2) is 5.56. The third kappa shape index (κ3) is 4.06. The Labute approximate surface area is 108 Å². The highest BCUT2D eigenvalue weighted by atomic mass is 32.1. The molecule has 0 aliphatic carbocycles. The van der Waals surface area contributed by atoms with Gasteiger partial charge >= 0.3 is 0 Å². The van der Waals surface area contributed by atoms with Crippen LogP contribution >= 0.6 is 12.6 Å². The van der Waals surface area contributed by atoms with Crippen LogP contribution in [0.3, 0.4) is 0 Å². The maximum atomic E-state index is 12.2. The minimum Gasteiger partial charge on any atom is -0.389 e. The maximum Gasteiger partial charge on any atom is 0.255 e. The van der Waals surface area contributed by atoms with Crippen LogP contribution in [0.2, 0.25) is 0 Å². The molecule has 1 aromatic rings. The van der Waals surface area contributed by atoms with Crippen LogP contribution in [0.4, 0.5) is 0 Å². The van der Waals surface area contributed by atoms with Gasteiger partial charge in [-0.2, -0.15) is 0 Å². The number of nitrogens with zero attached hydrogens (tertiary/aromatic N) is 1. The van der Waals surface area contributed by atoms with E-state index in [-0.39, 0.29) is 5.91 Å². The Morgan fingerprint density at radius 2 is 2.00 bits per heavy atom. The molecule has 0 saturated heterocycles. The zero-order chi connectivity index (χ0) is 13.1. The Bertz CT molecular complexity index is 399. The first kappa shape index (κ1) is 14.1. The predicted molar refractivity (Wildman–Crippen MR) is 71.6 cm³/mol. The summed E-state index contributed by atoms with van der Waals surface area (Å²) >= 11 is 4.27. The van der Waals surface area contributed by atoms with E-state index in [1.165, 1.54) is 0 Å². The number of carbonyl (C=O) groups excluding carboxylic acids is 1. The van der Waals surface area contributed by atoms with Gasteiger partial charge in [-0.25, -0.2) is 0 Å². The molecule has 4 heteroatoms. The number of thiol groups is 1. The second-order valence-corrected chi connectivity index (χ2v) is 5.13. The fraction of sp³-hybridized carbons (Fsp3) is 0.462. The lowest BCUT2D eigenvalue weighted by Gasteiger charge is -2.28. The van der Waals surface area contributed by atoms with Crippen LogP contribution in [0.15, 0.2) is 29.2 Å². The highest BCUT2D eigenvalue weighted by Gasteiger charge is 2.22. The Morgan fingerprint density at radius 1 is 1.41 bits per heavy atom. The Hall–Kier alpha value is -1.00. The normalized spacial score (nSPS) is 11.4. The third-order valence-corrected chi connectivity index (χ3v) is 2.77. The molecule has 0 bridgehead atoms. The largest absolute Gasteiger partial charge is 0.389 e. The quantitative estimate of drug-likeness (QED) is 0.808. The molecule has 1 aromatic carbocycles. The Morgan fingerprint density at radius 3 is 2.47 bits per heavy atom. The molecule has 0 unspecified atom stereocenters. The molecule has 0 aliphatic rings. The molecule has 0 fully saturated rings. The fourth-order valence-electron chi connectivity index (χ4n) is 1.62. The zero-order valence-electron chi connectivity index (χ0n) is 10.5. The number of rotatable bonds is 4. The van der Waals surface area contributed by atoms with Crippen LogP contribution in [0.5, 0.6) is 0 Å². The number of likely N-dealkylation sites (N-methyl/N-ethyl adjacent to an activating group) is 1. The molecule has 17 heavy (non-hydrogen) atoms. The smallest absolute Gasteiger partial charge is 0.255 e. The SMILES string of the molecule is CCN(CC(C)(C)O)C(=O)c1ccccc1S. The van der Waals surface area contributed by atoms with Crippen molar-refractivity contribution in [2.45, 2.75) is 31.3 Å². The van der Waals surface area contributed by atoms with Crippen molar-refractivity contribution in [2.24, 2.45) is 0 Å². The number of aliphatic hydroxyl groups is 1. The van der Waals surface area contributed by atoms with Crippen molar-refractivity contribution in [2.75, 3.05) is 13.1 Å². The van der Waals surface area contributed by atoms with Crippen molar-refractivity contribution in [3.8, 4) is 0 Å². The third-order valence-electron chi connectivity index (χ3n) is 2.38. The molecule has 0 heterocycles. The number of benzene rings is 1. The number of hydrogen-bond acceptors (Lipinski definition) is 3. The lowest BCUT2D eigenvalue weighted by molar-refractivity contribution is 0.0313. The molecule has 3 nitrogen and oxygen atoms in total. The molecular formula is C13H19NO2S. The van der Waals surface area contributed by atoms with Crippen molar-refractivity contribution in [3.05, 3.63) is 29.8 Å². The summed E-state index contributed by atoms with van der Waals surface area (Å²) in [6, 6.07) is 7.18. The highest BCUT2D eigenvalue weighted by Crippen LogP contribution is 2.16. The first-order valence-corrected chi connectivity index (χ1v) is 6.09. The van der Waals surface area contributed by atoms with E-state index in [1.807, 2.05) is 19.1 Å². The Balaban J connectivity index is 2.91. The van der Waals surface area contributed by atoms with Crippen LogP contribution in [0.25, 0.3) is 0 Å². The van der Waals surface area contributed by atoms with Gasteiger partial charge in [0.2, 0.25) is 0 Å². The van der Waals surface area contributed by atoms with Crippen LogP contribution in [0, 0.1) is 0 Å². The Kier molecular flexibility index (Phi) is 4.60. The molecule has 94 valence electrons. The van der Waals surface area contributed by atoms with Crippen molar-refractivity contribution in [3.63, 3.8) is 0 Å². The van der Waals surface area contributed by atoms with E-state index in [0.717, 1.165) is 0 Å². The fourth-order valence-corrected chi connectivity index (χ4v) is 1.88. The van der Waals surface area contributed by atoms with E-state index >= 15 is 0 Å². The summed E-state index contributed by atoms with van der Waals surface area (Å²) in [5.74, 6) is -0.0970. The summed E-state index contributed by atoms with van der Waals surface area (Å²) < 4.78 is 0. The summed E-state index contributed by atoms with van der Waals surface area (Å²) in [7, 11) is 0. The molecular weight excluding hydrogens is 234 g/mol. The summed E-state index contributed by atoms with van der Waals surface area (Å²) in [6.45, 7) is 6.14. The molecule has 0 spiro atoms. The van der Waals surface area contributed by atoms with Gasteiger partial charge in [-0.15, -0.1) is 12.6 Å². The molecule has 0 saturated carbocycles. The minimum absolute atomic E-state index is 0.0970. The van der Waals surface area contributed by atoms with Gasteiger partial charge < -0.3 is 10.0 Å². The lowest BCUT2D eigenvalue weighted by Crippen LogP contribution is -2.42. The van der Waals surface area contributed by atoms with E-state index in [4.69, 9.17) is 0 Å². The summed E-state index contributed by atoms with van der Waals surface area (Å²) in [5, 5.41) is 9.77. The van der Waals surface area contributed by atoms with Gasteiger partial charge in [0.25, 0.3) is 5.91 Å². The summed E-state index contributed by atoms with van der Waals surface area (Å²) in [6.07, 6.45) is 0. The van der Waals surface area contributed by atoms with Gasteiger partial charge in [0.1, 0.15) is 0 Å². The molecule has 0 radical (unpaired) electrons. The van der Waals surface area contributed by atoms with Gasteiger partial charge in [0, 0.05) is 18.0 Å². The monoisotopic (exact) mass is 253 g/mol. The first-order chi connectivity index (χ1) is 7.85. The van der Waals surface area contributed by atoms with Gasteiger partial charge in [0.15, 0.2) is 0 Å². The highest BCUT2D eigenvalue weighted by molar-refractivity contribution is 7.80. The maximum absolute atomic E-state index is 12.2. The molecule has 0 aromatic heterocycles. The van der Waals surface area contributed by atoms with E-state index in [0.29, 0.717) is 23.5 Å². The topological polar surface area (TPSA) is 40.5 Å². The second-order valence-electron chi connectivity index (χ2n) is 4.65. The van der Waals surface area contributed by atoms with Crippen LogP contribution in [-0.2, 0) is 0 Å². The molecule has 1 N–H and O–H groups in total. The van der Waals surface area contributed by atoms with E-state index in [1.54, 1.807) is 30.9 Å². The van der Waals surface area contributed by atoms with Gasteiger partial charge in [-0.3, -0.25) is 4.79 Å². The molecule has 1 rings (SSSR count). The van der Waals surface area contributed by atoms with Gasteiger partial charge in [0.05, 0.1) is 11.2 Å². The zero-order valence-corrected chi connectivity index (χ0v) is 11.4. The van der Waals surface area contributed by atoms with Crippen molar-refractivity contribution in [1.29, 1.82) is 0 Å². The standard InChI is InChI=1S/C13H19NO2S/c1-4-14(9-13(2,3)16)12(15)10-7-5-6-8-11(10)17/h5-8,16-17H,4,9H2,1-3H3. The van der Waals surface area contributed by atoms with Crippen molar-refractivity contribution < 1.29 is 9.90 Å². The van der Waals surface area contributed by atoms with E-state index in [2.05, 4.69) is 12.6 Å². The number of hydrogen-bond donors (Lipinski definition) is 2. The van der Waals surface area contributed by atoms with Crippen molar-refractivity contribution >= 4 is 18.5 Å². The summed E-state index contributed by atoms with van der Waals surface area (Å²) in [4.78, 5) is 14.5. The van der Waals surface area contributed by atoms with E-state index in [9.17, 15) is 9.90 Å². The van der Waals surface area contributed by atoms with Crippen LogP contribution < -0.4 is 0 Å². The predicted octanol–water partition coefficient (Wildman–Crippen LogP) is 2.21. The summed E-state index contributed by atoms with van der Waals surface area (Å²) in [5.41, 5.74) is -0.320. The number of carbonyl (C=O) groups is 1. The number of amides is 1. The molecule has 1 amide bonds. The average molecular weight is 253 g/mol. The lowest BCUT2D eigenvalue weighted by atomic mass is 10.1. The molecule has 0 aliphatic heterocycles. The van der Waals surface area contributed by atoms with Crippen LogP contribution in [-0.4, -0.2) is 34.6 Å². The first-order valence-electron chi connectivity index (χ1n) is 5.65. The van der Waals surface area contributed by atoms with Crippen molar-refractivity contribution in [1.82, 2.24) is 4.90 Å². The van der Waals surface area contributed by atoms with Gasteiger partial charge in [-0.1, -0.05) is 12.1 Å². The minimum atomic E-state index is -0.892. The average Bonchev–Trinajstić information content (AvgIpc) is 2.24. The van der Waals surface area contributed by atoms with Crippen LogP contribution in [0.1, 0.15) is 31.1 Å². The van der Waals surface area contributed by atoms with Gasteiger partial charge in [-0.05, 0) is 32.9 Å². The molecule has 0 atom stereocenters. The van der Waals surface area contributed by atoms with E-state index < -0.39 is 5.60 Å².